The number of likely N-dealkylation sites (tertiary alicyclic amines) is 1. The third kappa shape index (κ3) is 5.09. The number of benzene rings is 2. The summed E-state index contributed by atoms with van der Waals surface area (Å²) in [5, 5.41) is 3.17. The van der Waals surface area contributed by atoms with Gasteiger partial charge >= 0.3 is 0 Å². The topological polar surface area (TPSA) is 54.3 Å². The van der Waals surface area contributed by atoms with Crippen molar-refractivity contribution in [3.05, 3.63) is 87.0 Å². The number of pyridine rings is 1. The van der Waals surface area contributed by atoms with Crippen LogP contribution in [0.2, 0.25) is 5.02 Å². The van der Waals surface area contributed by atoms with E-state index in [1.165, 1.54) is 16.7 Å². The molecular weight excluding hydrogens is 461 g/mol. The van der Waals surface area contributed by atoms with E-state index in [4.69, 9.17) is 11.6 Å². The highest BCUT2D eigenvalue weighted by Crippen LogP contribution is 2.32. The average molecular weight is 486 g/mol. The number of carbonyl (C=O) groups excluding carboxylic acids is 1. The highest BCUT2D eigenvalue weighted by atomic mass is 35.5. The highest BCUT2D eigenvalue weighted by molar-refractivity contribution is 7.98. The molecule has 1 saturated heterocycles. The van der Waals surface area contributed by atoms with E-state index in [1.54, 1.807) is 29.9 Å². The van der Waals surface area contributed by atoms with Gasteiger partial charge in [0.25, 0.3) is 11.5 Å². The molecule has 1 aromatic heterocycles. The van der Waals surface area contributed by atoms with Gasteiger partial charge in [0, 0.05) is 36.9 Å². The first-order chi connectivity index (χ1) is 15.9. The van der Waals surface area contributed by atoms with E-state index in [2.05, 4.69) is 5.32 Å². The van der Waals surface area contributed by atoms with Gasteiger partial charge in [-0.3, -0.25) is 9.59 Å². The Bertz CT molecular complexity index is 1200. The summed E-state index contributed by atoms with van der Waals surface area (Å²) in [7, 11) is 1.59. The van der Waals surface area contributed by atoms with Crippen LogP contribution in [0.3, 0.4) is 0 Å². The smallest absolute Gasteiger partial charge is 0.271 e. The molecule has 2 aromatic carbocycles. The number of rotatable bonds is 5. The normalized spacial score (nSPS) is 14.4. The monoisotopic (exact) mass is 485 g/mol. The fourth-order valence-corrected chi connectivity index (χ4v) is 4.81. The van der Waals surface area contributed by atoms with Crippen molar-refractivity contribution in [2.24, 2.45) is 7.05 Å². The molecule has 1 fully saturated rings. The van der Waals surface area contributed by atoms with E-state index in [-0.39, 0.29) is 28.2 Å². The molecule has 5 nitrogen and oxygen atoms in total. The molecule has 0 bridgehead atoms. The van der Waals surface area contributed by atoms with Crippen LogP contribution in [-0.2, 0) is 7.05 Å². The van der Waals surface area contributed by atoms with E-state index in [0.29, 0.717) is 24.3 Å². The molecule has 8 heteroatoms. The Labute approximate surface area is 201 Å². The van der Waals surface area contributed by atoms with Gasteiger partial charge in [0.1, 0.15) is 10.8 Å². The Morgan fingerprint density at radius 2 is 1.73 bits per heavy atom. The molecule has 4 rings (SSSR count). The lowest BCUT2D eigenvalue weighted by Gasteiger charge is -2.33. The first-order valence-corrected chi connectivity index (χ1v) is 12.3. The van der Waals surface area contributed by atoms with Crippen LogP contribution in [0.15, 0.2) is 64.4 Å². The van der Waals surface area contributed by atoms with Crippen LogP contribution in [0.25, 0.3) is 0 Å². The van der Waals surface area contributed by atoms with Crippen molar-refractivity contribution in [2.75, 3.05) is 24.7 Å². The molecule has 2 heterocycles. The Hall–Kier alpha value is -2.77. The molecule has 1 N–H and O–H groups in total. The van der Waals surface area contributed by atoms with Gasteiger partial charge in [-0.15, -0.1) is 11.8 Å². The van der Waals surface area contributed by atoms with Crippen molar-refractivity contribution in [3.8, 4) is 0 Å². The van der Waals surface area contributed by atoms with Gasteiger partial charge in [-0.05, 0) is 67.0 Å². The Morgan fingerprint density at radius 3 is 2.33 bits per heavy atom. The molecule has 1 aliphatic heterocycles. The van der Waals surface area contributed by atoms with Crippen molar-refractivity contribution in [3.63, 3.8) is 0 Å². The number of amides is 1. The molecule has 0 radical (unpaired) electrons. The Balaban J connectivity index is 1.56. The molecule has 1 aliphatic rings. The summed E-state index contributed by atoms with van der Waals surface area (Å²) < 4.78 is 14.6. The number of carbonyl (C=O) groups is 1. The van der Waals surface area contributed by atoms with Crippen LogP contribution < -0.4 is 10.9 Å². The first kappa shape index (κ1) is 23.4. The largest absolute Gasteiger partial charge is 0.353 e. The SMILES string of the molecule is CSc1ccc(Nc2c(C(=O)N3CCC(c4ccc(F)cc4)CC3)cn(C)c(=O)c2Cl)cc1. The third-order valence-electron chi connectivity index (χ3n) is 6.03. The van der Waals surface area contributed by atoms with E-state index in [0.717, 1.165) is 29.0 Å². The van der Waals surface area contributed by atoms with Crippen molar-refractivity contribution >= 4 is 40.6 Å². The molecule has 172 valence electrons. The van der Waals surface area contributed by atoms with Crippen LogP contribution in [0.4, 0.5) is 15.8 Å². The number of nitrogens with zero attached hydrogens (tertiary/aromatic N) is 2. The number of piperidine rings is 1. The molecule has 0 aliphatic carbocycles. The summed E-state index contributed by atoms with van der Waals surface area (Å²) >= 11 is 8.04. The van der Waals surface area contributed by atoms with E-state index in [1.807, 2.05) is 42.7 Å². The second-order valence-electron chi connectivity index (χ2n) is 8.12. The first-order valence-electron chi connectivity index (χ1n) is 10.7. The molecule has 0 spiro atoms. The van der Waals surface area contributed by atoms with Crippen LogP contribution >= 0.6 is 23.4 Å². The minimum absolute atomic E-state index is 0.0153. The maximum absolute atomic E-state index is 13.5. The molecule has 33 heavy (non-hydrogen) atoms. The second-order valence-corrected chi connectivity index (χ2v) is 9.38. The predicted octanol–water partition coefficient (Wildman–Crippen LogP) is 5.66. The lowest BCUT2D eigenvalue weighted by Crippen LogP contribution is -2.39. The van der Waals surface area contributed by atoms with E-state index in [9.17, 15) is 14.0 Å². The summed E-state index contributed by atoms with van der Waals surface area (Å²) in [6, 6.07) is 14.3. The zero-order valence-electron chi connectivity index (χ0n) is 18.5. The fraction of sp³-hybridized carbons (Fsp3) is 0.280. The minimum atomic E-state index is -0.369. The molecule has 0 unspecified atom stereocenters. The van der Waals surface area contributed by atoms with Crippen molar-refractivity contribution in [1.29, 1.82) is 0 Å². The van der Waals surface area contributed by atoms with Crippen LogP contribution in [-0.4, -0.2) is 34.7 Å². The van der Waals surface area contributed by atoms with Crippen molar-refractivity contribution in [2.45, 2.75) is 23.7 Å². The van der Waals surface area contributed by atoms with Gasteiger partial charge in [-0.1, -0.05) is 23.7 Å². The molecule has 1 amide bonds. The van der Waals surface area contributed by atoms with Gasteiger partial charge in [0.05, 0.1) is 11.3 Å². The summed E-state index contributed by atoms with van der Waals surface area (Å²) in [4.78, 5) is 28.9. The second kappa shape index (κ2) is 10.0. The molecule has 0 saturated carbocycles. The van der Waals surface area contributed by atoms with Gasteiger partial charge in [-0.25, -0.2) is 4.39 Å². The number of anilines is 2. The number of hydrogen-bond donors (Lipinski definition) is 1. The fourth-order valence-electron chi connectivity index (χ4n) is 4.12. The number of thioether (sulfide) groups is 1. The average Bonchev–Trinajstić information content (AvgIpc) is 2.85. The summed E-state index contributed by atoms with van der Waals surface area (Å²) in [5.41, 5.74) is 2.14. The highest BCUT2D eigenvalue weighted by Gasteiger charge is 2.28. The predicted molar refractivity (Wildman–Crippen MR) is 132 cm³/mol. The maximum Gasteiger partial charge on any atom is 0.271 e. The molecular formula is C25H25ClFN3O2S. The Morgan fingerprint density at radius 1 is 1.09 bits per heavy atom. The number of halogens is 2. The maximum atomic E-state index is 13.5. The molecule has 0 atom stereocenters. The van der Waals surface area contributed by atoms with Crippen LogP contribution in [0.1, 0.15) is 34.7 Å². The lowest BCUT2D eigenvalue weighted by atomic mass is 9.89. The summed E-state index contributed by atoms with van der Waals surface area (Å²) in [6.07, 6.45) is 5.11. The van der Waals surface area contributed by atoms with Crippen molar-refractivity contribution < 1.29 is 9.18 Å². The number of aromatic nitrogens is 1. The lowest BCUT2D eigenvalue weighted by molar-refractivity contribution is 0.0713. The number of aryl methyl sites for hydroxylation is 1. The quantitative estimate of drug-likeness (QED) is 0.473. The molecule has 3 aromatic rings. The zero-order valence-corrected chi connectivity index (χ0v) is 20.0. The van der Waals surface area contributed by atoms with Crippen LogP contribution in [0, 0.1) is 5.82 Å². The standard InChI is InChI=1S/C25H25ClFN3O2S/c1-29-15-21(23(22(26)25(29)32)28-19-7-9-20(33-2)10-8-19)24(31)30-13-11-17(12-14-30)16-3-5-18(27)6-4-16/h3-10,15,17,28H,11-14H2,1-2H3. The van der Waals surface area contributed by atoms with Gasteiger partial charge in [0.15, 0.2) is 0 Å². The van der Waals surface area contributed by atoms with Gasteiger partial charge in [0.2, 0.25) is 0 Å². The minimum Gasteiger partial charge on any atom is -0.353 e. The van der Waals surface area contributed by atoms with E-state index >= 15 is 0 Å². The van der Waals surface area contributed by atoms with Gasteiger partial charge in [-0.2, -0.15) is 0 Å². The number of hydrogen-bond acceptors (Lipinski definition) is 4. The van der Waals surface area contributed by atoms with Crippen LogP contribution in [0.5, 0.6) is 0 Å². The Kier molecular flexibility index (Phi) is 7.10. The number of nitrogens with one attached hydrogen (secondary N) is 1. The van der Waals surface area contributed by atoms with Crippen molar-refractivity contribution in [1.82, 2.24) is 9.47 Å². The summed E-state index contributed by atoms with van der Waals surface area (Å²) in [6.45, 7) is 1.15. The third-order valence-corrected chi connectivity index (χ3v) is 7.13. The zero-order chi connectivity index (χ0) is 23.5. The van der Waals surface area contributed by atoms with Gasteiger partial charge < -0.3 is 14.8 Å². The summed E-state index contributed by atoms with van der Waals surface area (Å²) in [5.74, 6) is -0.139. The van der Waals surface area contributed by atoms with E-state index < -0.39 is 0 Å².